The molecule has 0 saturated heterocycles. The van der Waals surface area contributed by atoms with E-state index in [-0.39, 0.29) is 5.91 Å². The molecule has 0 saturated carbocycles. The van der Waals surface area contributed by atoms with Gasteiger partial charge in [0.15, 0.2) is 0 Å². The van der Waals surface area contributed by atoms with Crippen molar-refractivity contribution >= 4 is 28.8 Å². The van der Waals surface area contributed by atoms with Crippen molar-refractivity contribution in [3.05, 3.63) is 21.3 Å². The van der Waals surface area contributed by atoms with Gasteiger partial charge in [-0.2, -0.15) is 5.26 Å². The molecule has 3 nitrogen and oxygen atoms in total. The SMILES string of the molecule is CCC(C#N)NC(=O)c1ccc(Cl)s1. The fourth-order valence-electron chi connectivity index (χ4n) is 0.891. The van der Waals surface area contributed by atoms with Crippen LogP contribution in [0.15, 0.2) is 12.1 Å². The zero-order valence-corrected chi connectivity index (χ0v) is 9.15. The Bertz CT molecular complexity index is 369. The third kappa shape index (κ3) is 2.72. The molecule has 74 valence electrons. The van der Waals surface area contributed by atoms with Crippen LogP contribution in [0, 0.1) is 11.3 Å². The van der Waals surface area contributed by atoms with Gasteiger partial charge in [0.2, 0.25) is 0 Å². The van der Waals surface area contributed by atoms with Gasteiger partial charge in [-0.05, 0) is 18.6 Å². The summed E-state index contributed by atoms with van der Waals surface area (Å²) in [5.74, 6) is -0.240. The lowest BCUT2D eigenvalue weighted by atomic mass is 10.2. The monoisotopic (exact) mass is 228 g/mol. The second-order valence-electron chi connectivity index (χ2n) is 2.67. The first-order valence-corrected chi connectivity index (χ1v) is 5.32. The van der Waals surface area contributed by atoms with Crippen molar-refractivity contribution in [2.24, 2.45) is 0 Å². The maximum absolute atomic E-state index is 11.5. The first-order chi connectivity index (χ1) is 6.67. The van der Waals surface area contributed by atoms with Crippen molar-refractivity contribution in [2.75, 3.05) is 0 Å². The number of carbonyl (C=O) groups is 1. The summed E-state index contributed by atoms with van der Waals surface area (Å²) in [6.45, 7) is 1.84. The number of halogens is 1. The topological polar surface area (TPSA) is 52.9 Å². The van der Waals surface area contributed by atoms with Crippen LogP contribution >= 0.6 is 22.9 Å². The molecule has 0 fully saturated rings. The average Bonchev–Trinajstić information content (AvgIpc) is 2.61. The highest BCUT2D eigenvalue weighted by atomic mass is 35.5. The van der Waals surface area contributed by atoms with E-state index in [2.05, 4.69) is 5.32 Å². The number of nitrogens with zero attached hydrogens (tertiary/aromatic N) is 1. The summed E-state index contributed by atoms with van der Waals surface area (Å²) in [5.41, 5.74) is 0. The highest BCUT2D eigenvalue weighted by molar-refractivity contribution is 7.17. The summed E-state index contributed by atoms with van der Waals surface area (Å²) < 4.78 is 0.570. The molecule has 0 spiro atoms. The van der Waals surface area contributed by atoms with Gasteiger partial charge in [0, 0.05) is 0 Å². The number of nitriles is 1. The highest BCUT2D eigenvalue weighted by Gasteiger charge is 2.12. The van der Waals surface area contributed by atoms with E-state index in [9.17, 15) is 4.79 Å². The molecule has 1 heterocycles. The molecule has 1 amide bonds. The minimum absolute atomic E-state index is 0.240. The Balaban J connectivity index is 2.64. The van der Waals surface area contributed by atoms with E-state index in [1.54, 1.807) is 12.1 Å². The predicted octanol–water partition coefficient (Wildman–Crippen LogP) is 2.43. The highest BCUT2D eigenvalue weighted by Crippen LogP contribution is 2.21. The maximum atomic E-state index is 11.5. The number of amides is 1. The molecule has 0 aliphatic heterocycles. The van der Waals surface area contributed by atoms with Crippen molar-refractivity contribution in [3.8, 4) is 6.07 Å². The van der Waals surface area contributed by atoms with Crippen molar-refractivity contribution < 1.29 is 4.79 Å². The molecular formula is C9H9ClN2OS. The molecule has 14 heavy (non-hydrogen) atoms. The Morgan fingerprint density at radius 1 is 1.79 bits per heavy atom. The molecule has 1 atom stereocenters. The molecule has 0 aromatic carbocycles. The van der Waals surface area contributed by atoms with Crippen LogP contribution in [-0.4, -0.2) is 11.9 Å². The first-order valence-electron chi connectivity index (χ1n) is 4.13. The standard InChI is InChI=1S/C9H9ClN2OS/c1-2-6(5-11)12-9(13)7-3-4-8(10)14-7/h3-4,6H,2H2,1H3,(H,12,13). The van der Waals surface area contributed by atoms with E-state index in [4.69, 9.17) is 16.9 Å². The number of hydrogen-bond acceptors (Lipinski definition) is 3. The Hall–Kier alpha value is -1.05. The van der Waals surface area contributed by atoms with Crippen LogP contribution in [0.25, 0.3) is 0 Å². The van der Waals surface area contributed by atoms with Gasteiger partial charge in [-0.1, -0.05) is 18.5 Å². The predicted molar refractivity (Wildman–Crippen MR) is 56.5 cm³/mol. The van der Waals surface area contributed by atoms with Crippen LogP contribution in [0.2, 0.25) is 4.34 Å². The molecule has 1 N–H and O–H groups in total. The second-order valence-corrected chi connectivity index (χ2v) is 4.38. The second kappa shape index (κ2) is 4.99. The lowest BCUT2D eigenvalue weighted by Crippen LogP contribution is -2.32. The van der Waals surface area contributed by atoms with E-state index in [1.807, 2.05) is 13.0 Å². The van der Waals surface area contributed by atoms with E-state index < -0.39 is 6.04 Å². The van der Waals surface area contributed by atoms with Crippen LogP contribution in [-0.2, 0) is 0 Å². The fourth-order valence-corrected chi connectivity index (χ4v) is 1.84. The van der Waals surface area contributed by atoms with Crippen molar-refractivity contribution in [1.82, 2.24) is 5.32 Å². The summed E-state index contributed by atoms with van der Waals surface area (Å²) in [6, 6.07) is 4.88. The summed E-state index contributed by atoms with van der Waals surface area (Å²) in [7, 11) is 0. The lowest BCUT2D eigenvalue weighted by Gasteiger charge is -2.06. The molecule has 0 bridgehead atoms. The Labute approximate surface area is 91.3 Å². The van der Waals surface area contributed by atoms with Crippen LogP contribution in [0.4, 0.5) is 0 Å². The molecule has 0 aliphatic rings. The Kier molecular flexibility index (Phi) is 3.93. The van der Waals surface area contributed by atoms with Gasteiger partial charge in [0.05, 0.1) is 15.3 Å². The zero-order chi connectivity index (χ0) is 10.6. The Morgan fingerprint density at radius 2 is 2.50 bits per heavy atom. The molecule has 0 radical (unpaired) electrons. The molecule has 1 rings (SSSR count). The lowest BCUT2D eigenvalue weighted by molar-refractivity contribution is 0.0949. The van der Waals surface area contributed by atoms with Gasteiger partial charge < -0.3 is 5.32 Å². The third-order valence-corrected chi connectivity index (χ3v) is 2.90. The number of thiophene rings is 1. The van der Waals surface area contributed by atoms with Gasteiger partial charge in [-0.25, -0.2) is 0 Å². The Morgan fingerprint density at radius 3 is 2.93 bits per heavy atom. The maximum Gasteiger partial charge on any atom is 0.262 e. The summed E-state index contributed by atoms with van der Waals surface area (Å²) in [4.78, 5) is 12.0. The summed E-state index contributed by atoms with van der Waals surface area (Å²) in [5, 5.41) is 11.2. The van der Waals surface area contributed by atoms with Crippen LogP contribution in [0.3, 0.4) is 0 Å². The van der Waals surface area contributed by atoms with Gasteiger partial charge in [0.25, 0.3) is 5.91 Å². The van der Waals surface area contributed by atoms with Crippen molar-refractivity contribution in [2.45, 2.75) is 19.4 Å². The minimum Gasteiger partial charge on any atom is -0.336 e. The molecule has 1 aromatic heterocycles. The molecule has 0 aliphatic carbocycles. The first kappa shape index (κ1) is 11.0. The van der Waals surface area contributed by atoms with Gasteiger partial charge in [-0.3, -0.25) is 4.79 Å². The van der Waals surface area contributed by atoms with E-state index in [0.717, 1.165) is 0 Å². The van der Waals surface area contributed by atoms with Crippen LogP contribution in [0.1, 0.15) is 23.0 Å². The van der Waals surface area contributed by atoms with Crippen LogP contribution in [0.5, 0.6) is 0 Å². The fraction of sp³-hybridized carbons (Fsp3) is 0.333. The summed E-state index contributed by atoms with van der Waals surface area (Å²) in [6.07, 6.45) is 0.599. The molecule has 5 heteroatoms. The minimum atomic E-state index is -0.427. The number of hydrogen-bond donors (Lipinski definition) is 1. The largest absolute Gasteiger partial charge is 0.336 e. The van der Waals surface area contributed by atoms with Gasteiger partial charge >= 0.3 is 0 Å². The number of nitrogens with one attached hydrogen (secondary N) is 1. The van der Waals surface area contributed by atoms with E-state index >= 15 is 0 Å². The summed E-state index contributed by atoms with van der Waals surface area (Å²) >= 11 is 6.89. The quantitative estimate of drug-likeness (QED) is 0.864. The van der Waals surface area contributed by atoms with E-state index in [0.29, 0.717) is 15.6 Å². The third-order valence-electron chi connectivity index (χ3n) is 1.67. The van der Waals surface area contributed by atoms with Crippen molar-refractivity contribution in [1.29, 1.82) is 5.26 Å². The normalized spacial score (nSPS) is 11.8. The van der Waals surface area contributed by atoms with Gasteiger partial charge in [0.1, 0.15) is 6.04 Å². The van der Waals surface area contributed by atoms with Gasteiger partial charge in [-0.15, -0.1) is 11.3 Å². The zero-order valence-electron chi connectivity index (χ0n) is 7.58. The van der Waals surface area contributed by atoms with Crippen molar-refractivity contribution in [3.63, 3.8) is 0 Å². The average molecular weight is 229 g/mol. The molecule has 1 unspecified atom stereocenters. The van der Waals surface area contributed by atoms with Crippen LogP contribution < -0.4 is 5.32 Å². The molecule has 1 aromatic rings. The number of carbonyl (C=O) groups excluding carboxylic acids is 1. The molecular weight excluding hydrogens is 220 g/mol. The smallest absolute Gasteiger partial charge is 0.262 e. The van der Waals surface area contributed by atoms with E-state index in [1.165, 1.54) is 11.3 Å². The number of rotatable bonds is 3.